The number of nitrogens with zero attached hydrogens (tertiary/aromatic N) is 2. The molecule has 156 valence electrons. The number of imide groups is 1. The molecule has 0 saturated carbocycles. The zero-order valence-electron chi connectivity index (χ0n) is 17.0. The fourth-order valence-corrected chi connectivity index (χ4v) is 3.39. The van der Waals surface area contributed by atoms with Crippen molar-refractivity contribution in [2.45, 2.75) is 6.42 Å². The van der Waals surface area contributed by atoms with Crippen LogP contribution in [0.5, 0.6) is 17.2 Å². The Labute approximate surface area is 170 Å². The lowest BCUT2D eigenvalue weighted by atomic mass is 10.1. The van der Waals surface area contributed by atoms with Crippen molar-refractivity contribution < 1.29 is 28.5 Å². The molecule has 1 fully saturated rings. The zero-order valence-corrected chi connectivity index (χ0v) is 17.0. The minimum absolute atomic E-state index is 0.266. The topological polar surface area (TPSA) is 77.5 Å². The van der Waals surface area contributed by atoms with Crippen LogP contribution in [0.2, 0.25) is 0 Å². The van der Waals surface area contributed by atoms with Gasteiger partial charge >= 0.3 is 0 Å². The SMILES string of the molecule is COc1cc(/C=C/C(=O)N2CCC=C(N3CCOCC3)C2=O)cc(OC)c1OC. The van der Waals surface area contributed by atoms with Gasteiger partial charge in [0.05, 0.1) is 40.2 Å². The molecule has 8 heteroatoms. The van der Waals surface area contributed by atoms with Crippen LogP contribution in [-0.2, 0) is 14.3 Å². The van der Waals surface area contributed by atoms with Gasteiger partial charge in [-0.1, -0.05) is 6.08 Å². The highest BCUT2D eigenvalue weighted by Gasteiger charge is 2.30. The van der Waals surface area contributed by atoms with Gasteiger partial charge in [0, 0.05) is 25.7 Å². The van der Waals surface area contributed by atoms with Gasteiger partial charge in [0.1, 0.15) is 0 Å². The van der Waals surface area contributed by atoms with Crippen molar-refractivity contribution in [3.8, 4) is 17.2 Å². The lowest BCUT2D eigenvalue weighted by molar-refractivity contribution is -0.141. The van der Waals surface area contributed by atoms with Crippen LogP contribution in [0.25, 0.3) is 6.08 Å². The standard InChI is InChI=1S/C21H26N2O6/c1-26-17-13-15(14-18(27-2)20(17)28-3)6-7-19(24)23-8-4-5-16(21(23)25)22-9-11-29-12-10-22/h5-7,13-14H,4,8-12H2,1-3H3/b7-6+. The number of amides is 2. The Morgan fingerprint density at radius 2 is 1.69 bits per heavy atom. The number of hydrogen-bond acceptors (Lipinski definition) is 7. The number of ether oxygens (including phenoxy) is 4. The molecule has 0 aliphatic carbocycles. The number of carbonyl (C=O) groups excluding carboxylic acids is 2. The van der Waals surface area contributed by atoms with E-state index in [1.54, 1.807) is 18.2 Å². The monoisotopic (exact) mass is 402 g/mol. The fourth-order valence-electron chi connectivity index (χ4n) is 3.39. The van der Waals surface area contributed by atoms with Crippen LogP contribution in [-0.4, -0.2) is 75.8 Å². The third-order valence-corrected chi connectivity index (χ3v) is 4.88. The van der Waals surface area contributed by atoms with Crippen molar-refractivity contribution >= 4 is 17.9 Å². The van der Waals surface area contributed by atoms with Crippen LogP contribution < -0.4 is 14.2 Å². The first-order valence-electron chi connectivity index (χ1n) is 9.45. The molecule has 2 amide bonds. The molecule has 2 aliphatic heterocycles. The summed E-state index contributed by atoms with van der Waals surface area (Å²) in [4.78, 5) is 28.8. The van der Waals surface area contributed by atoms with Crippen LogP contribution in [0.15, 0.2) is 30.0 Å². The Balaban J connectivity index is 1.75. The highest BCUT2D eigenvalue weighted by molar-refractivity contribution is 6.09. The summed E-state index contributed by atoms with van der Waals surface area (Å²) in [5, 5.41) is 0. The second kappa shape index (κ2) is 9.47. The van der Waals surface area contributed by atoms with Crippen molar-refractivity contribution in [3.63, 3.8) is 0 Å². The fraction of sp³-hybridized carbons (Fsp3) is 0.429. The summed E-state index contributed by atoms with van der Waals surface area (Å²) in [5.41, 5.74) is 1.27. The zero-order chi connectivity index (χ0) is 20.8. The second-order valence-corrected chi connectivity index (χ2v) is 6.56. The van der Waals surface area contributed by atoms with Gasteiger partial charge in [-0.05, 0) is 30.2 Å². The van der Waals surface area contributed by atoms with Gasteiger partial charge in [-0.3, -0.25) is 14.5 Å². The maximum absolute atomic E-state index is 12.8. The first kappa shape index (κ1) is 20.7. The van der Waals surface area contributed by atoms with Gasteiger partial charge in [-0.25, -0.2) is 0 Å². The Kier molecular flexibility index (Phi) is 6.77. The van der Waals surface area contributed by atoms with Crippen molar-refractivity contribution in [1.29, 1.82) is 0 Å². The van der Waals surface area contributed by atoms with Crippen LogP contribution in [0.3, 0.4) is 0 Å². The van der Waals surface area contributed by atoms with Gasteiger partial charge in [0.2, 0.25) is 5.75 Å². The van der Waals surface area contributed by atoms with Crippen LogP contribution in [0.4, 0.5) is 0 Å². The summed E-state index contributed by atoms with van der Waals surface area (Å²) in [7, 11) is 4.59. The molecule has 2 heterocycles. The Morgan fingerprint density at radius 1 is 1.03 bits per heavy atom. The lowest BCUT2D eigenvalue weighted by Gasteiger charge is -2.34. The molecule has 0 bridgehead atoms. The van der Waals surface area contributed by atoms with Gasteiger partial charge < -0.3 is 23.8 Å². The number of benzene rings is 1. The molecule has 0 aromatic heterocycles. The summed E-state index contributed by atoms with van der Waals surface area (Å²) >= 11 is 0. The number of rotatable bonds is 6. The van der Waals surface area contributed by atoms with Crippen LogP contribution in [0.1, 0.15) is 12.0 Å². The molecule has 1 aromatic carbocycles. The normalized spacial score (nSPS) is 17.3. The van der Waals surface area contributed by atoms with Crippen molar-refractivity contribution in [3.05, 3.63) is 35.5 Å². The maximum atomic E-state index is 12.8. The van der Waals surface area contributed by atoms with E-state index in [1.165, 1.54) is 32.3 Å². The number of hydrogen-bond donors (Lipinski definition) is 0. The van der Waals surface area contributed by atoms with Crippen molar-refractivity contribution in [2.75, 3.05) is 54.2 Å². The van der Waals surface area contributed by atoms with Crippen LogP contribution >= 0.6 is 0 Å². The summed E-state index contributed by atoms with van der Waals surface area (Å²) in [6.45, 7) is 2.84. The molecule has 0 N–H and O–H groups in total. The van der Waals surface area contributed by atoms with E-state index in [0.717, 1.165) is 0 Å². The molecular weight excluding hydrogens is 376 g/mol. The van der Waals surface area contributed by atoms with E-state index in [2.05, 4.69) is 0 Å². The molecule has 0 spiro atoms. The van der Waals surface area contributed by atoms with E-state index in [-0.39, 0.29) is 11.8 Å². The maximum Gasteiger partial charge on any atom is 0.276 e. The smallest absolute Gasteiger partial charge is 0.276 e. The van der Waals surface area contributed by atoms with Gasteiger partial charge in [0.15, 0.2) is 11.5 Å². The predicted molar refractivity (Wildman–Crippen MR) is 107 cm³/mol. The quantitative estimate of drug-likeness (QED) is 0.670. The summed E-state index contributed by atoms with van der Waals surface area (Å²) in [6.07, 6.45) is 5.57. The minimum atomic E-state index is -0.359. The highest BCUT2D eigenvalue weighted by atomic mass is 16.5. The average Bonchev–Trinajstić information content (AvgIpc) is 2.77. The van der Waals surface area contributed by atoms with Gasteiger partial charge in [-0.15, -0.1) is 0 Å². The molecule has 29 heavy (non-hydrogen) atoms. The molecule has 0 radical (unpaired) electrons. The third-order valence-electron chi connectivity index (χ3n) is 4.88. The van der Waals surface area contributed by atoms with Gasteiger partial charge in [0.25, 0.3) is 11.8 Å². The molecule has 0 unspecified atom stereocenters. The first-order chi connectivity index (χ1) is 14.1. The first-order valence-corrected chi connectivity index (χ1v) is 9.45. The van der Waals surface area contributed by atoms with E-state index in [9.17, 15) is 9.59 Å². The van der Waals surface area contributed by atoms with E-state index in [0.29, 0.717) is 67.8 Å². The van der Waals surface area contributed by atoms with Gasteiger partial charge in [-0.2, -0.15) is 0 Å². The minimum Gasteiger partial charge on any atom is -0.493 e. The lowest BCUT2D eigenvalue weighted by Crippen LogP contribution is -2.47. The number of methoxy groups -OCH3 is 3. The third kappa shape index (κ3) is 4.54. The van der Waals surface area contributed by atoms with Crippen molar-refractivity contribution in [2.24, 2.45) is 0 Å². The predicted octanol–water partition coefficient (Wildman–Crippen LogP) is 1.70. The van der Waals surface area contributed by atoms with E-state index in [1.807, 2.05) is 11.0 Å². The Bertz CT molecular complexity index is 801. The Morgan fingerprint density at radius 3 is 2.28 bits per heavy atom. The summed E-state index contributed by atoms with van der Waals surface area (Å²) in [6, 6.07) is 3.48. The Hall–Kier alpha value is -3.00. The van der Waals surface area contributed by atoms with Crippen LogP contribution in [0, 0.1) is 0 Å². The van der Waals surface area contributed by atoms with Crippen molar-refractivity contribution in [1.82, 2.24) is 9.80 Å². The number of morpholine rings is 1. The summed E-state index contributed by atoms with van der Waals surface area (Å²) < 4.78 is 21.3. The summed E-state index contributed by atoms with van der Waals surface area (Å²) in [5.74, 6) is 0.835. The van der Waals surface area contributed by atoms with E-state index < -0.39 is 0 Å². The molecule has 0 atom stereocenters. The van der Waals surface area contributed by atoms with E-state index in [4.69, 9.17) is 18.9 Å². The highest BCUT2D eigenvalue weighted by Crippen LogP contribution is 2.38. The average molecular weight is 402 g/mol. The molecule has 2 aliphatic rings. The molecule has 1 saturated heterocycles. The molecule has 3 rings (SSSR count). The molecule has 1 aromatic rings. The molecular formula is C21H26N2O6. The largest absolute Gasteiger partial charge is 0.493 e. The number of carbonyl (C=O) groups is 2. The molecule has 8 nitrogen and oxygen atoms in total. The van der Waals surface area contributed by atoms with E-state index >= 15 is 0 Å². The second-order valence-electron chi connectivity index (χ2n) is 6.56.